The van der Waals surface area contributed by atoms with E-state index < -0.39 is 45.6 Å². The van der Waals surface area contributed by atoms with Crippen molar-refractivity contribution < 1.29 is 13.7 Å². The summed E-state index contributed by atoms with van der Waals surface area (Å²) in [4.78, 5) is 7.38. The van der Waals surface area contributed by atoms with E-state index >= 15 is 13.7 Å². The maximum Gasteiger partial charge on any atom is 0.170 e. The number of nitrogens with zero attached hydrogens (tertiary/aromatic N) is 4. The van der Waals surface area contributed by atoms with Crippen molar-refractivity contribution in [3.05, 3.63) is 513 Å². The van der Waals surface area contributed by atoms with Gasteiger partial charge in [-0.3, -0.25) is 0 Å². The Morgan fingerprint density at radius 3 is 0.940 bits per heavy atom. The highest BCUT2D eigenvalue weighted by Gasteiger charge is 2.52. The third-order valence-corrected chi connectivity index (χ3v) is 54.7. The van der Waals surface area contributed by atoms with Gasteiger partial charge in [-0.1, -0.05) is 472 Å². The van der Waals surface area contributed by atoms with Crippen LogP contribution in [0.5, 0.6) is 0 Å². The normalized spacial score (nSPS) is 17.9. The first-order valence-electron chi connectivity index (χ1n) is 51.7. The Labute approximate surface area is 887 Å². The van der Waals surface area contributed by atoms with Crippen molar-refractivity contribution in [2.24, 2.45) is 0 Å². The average Bonchev–Trinajstić information content (AvgIpc) is 0.789. The van der Waals surface area contributed by atoms with Gasteiger partial charge in [0.15, 0.2) is 21.4 Å². The van der Waals surface area contributed by atoms with Crippen molar-refractivity contribution in [2.75, 3.05) is 14.7 Å². The molecule has 7 nitrogen and oxygen atoms in total. The fourth-order valence-electron chi connectivity index (χ4n) is 25.5. The molecule has 7 heterocycles. The van der Waals surface area contributed by atoms with Crippen molar-refractivity contribution in [1.29, 1.82) is 0 Å². The van der Waals surface area contributed by atoms with Crippen molar-refractivity contribution in [3.63, 3.8) is 0 Å². The Balaban J connectivity index is 0.000000124. The smallest absolute Gasteiger partial charge is 0.170 e. The Kier molecular flexibility index (Phi) is 24.2. The predicted octanol–water partition coefficient (Wildman–Crippen LogP) is 29.1. The zero-order chi connectivity index (χ0) is 101. The molecule has 3 unspecified atom stereocenters. The van der Waals surface area contributed by atoms with Gasteiger partial charge in [-0.05, 0) is 201 Å². The third kappa shape index (κ3) is 15.1. The summed E-state index contributed by atoms with van der Waals surface area (Å²) in [6, 6.07) is 171. The third-order valence-electron chi connectivity index (χ3n) is 33.3. The molecule has 13 heteroatoms. The number of para-hydroxylation sites is 8. The van der Waals surface area contributed by atoms with E-state index in [0.717, 1.165) is 93.0 Å². The number of anilines is 9. The molecule has 0 N–H and O–H groups in total. The summed E-state index contributed by atoms with van der Waals surface area (Å²) in [5.41, 5.74) is 28.0. The first-order chi connectivity index (χ1) is 71.6. The SMILES string of the molecule is C.C.CC1(C)c2ccccc2N(c2cc3c(cc2N2c4ccccc4C(C)(C)c4ccccc42)P(=O)(c2ccccc2)c2ccccc2[Si]3(C)C)c2ccccc21.CC1(C)c2ccccc2N(c2ccccc2)c2ccc(-c3ccc(-c4ccc5c(c4)P(=O)(c4ccccc4)c4ccccc4[Si]5(C)C)cc3)cc21.C[Si]1(C)c2ccccc2P(=O)(c2ccccc2)c2ccc(-c3ccc4c(c3)c3ccccc3n4-c3ccccc3)cc21. The molecule has 0 saturated carbocycles. The molecule has 21 aromatic rings. The fourth-order valence-corrected chi connectivity index (χ4v) is 50.1. The summed E-state index contributed by atoms with van der Waals surface area (Å²) in [7, 11) is -16.0. The molecule has 6 aliphatic rings. The molecule has 6 aliphatic heterocycles. The second-order valence-electron chi connectivity index (χ2n) is 43.6. The molecule has 0 saturated heterocycles. The molecule has 20 aromatic carbocycles. The summed E-state index contributed by atoms with van der Waals surface area (Å²) >= 11 is 0. The summed E-state index contributed by atoms with van der Waals surface area (Å²) < 4.78 is 49.8. The monoisotopic (exact) mass is 2050 g/mol. The number of hydrogen-bond donors (Lipinski definition) is 0. The van der Waals surface area contributed by atoms with Gasteiger partial charge in [-0.15, -0.1) is 0 Å². The van der Waals surface area contributed by atoms with Crippen molar-refractivity contribution in [1.82, 2.24) is 4.57 Å². The van der Waals surface area contributed by atoms with Crippen LogP contribution in [0.1, 0.15) is 89.8 Å². The first kappa shape index (κ1) is 98.3. The minimum atomic E-state index is -3.32. The number of benzene rings is 20. The molecular formula is C137H123N4O3P3Si3. The van der Waals surface area contributed by atoms with Crippen LogP contribution in [0, 0.1) is 0 Å². The highest BCUT2D eigenvalue weighted by molar-refractivity contribution is 7.88. The topological polar surface area (TPSA) is 65.9 Å². The van der Waals surface area contributed by atoms with Gasteiger partial charge in [0.25, 0.3) is 0 Å². The van der Waals surface area contributed by atoms with Gasteiger partial charge in [0.2, 0.25) is 0 Å². The fraction of sp³-hybridized carbons (Fsp3) is 0.124. The number of rotatable bonds is 10. The molecule has 736 valence electrons. The molecule has 0 fully saturated rings. The number of fused-ring (bicyclic) bond motifs is 15. The molecule has 0 spiro atoms. The van der Waals surface area contributed by atoms with Crippen LogP contribution in [0.3, 0.4) is 0 Å². The maximum atomic E-state index is 16.6. The minimum Gasteiger partial charge on any atom is -0.310 e. The standard InChI is InChI=1S/C50H45N2OPSi.C47H40NOPSi.C38H30NOPSi.2CH4/c1-49(2)35-22-10-14-26-39(35)51(40-27-15-11-23-36(40)49)43-32-46-48(55(5,6)47-31-19-18-30-45(47)54(46,53)34-20-8-7-9-21-34)33-44(43)52-41-28-16-12-24-37(41)50(3,4)38-25-13-17-29-42(38)52;1-47(2)39-19-11-12-20-41(39)48(37-15-7-5-8-16-37)42-29-27-35(31-40(42)47)33-23-25-34(26-24-33)36-28-30-46-44(32-36)50(49,38-17-9-6-10-18-38)43-21-13-14-22-45(43)51(46,3)4;1-42(2)37-20-12-11-19-35(37)41(40,30-15-7-4-8-16-30)36-24-22-28(26-38(36)42)27-21-23-34-32(25-27)31-17-9-10-18-33(31)39(34)29-13-5-3-6-14-29;;/h7-33H,1-6H3;5-32H,1-4H3;3-26H,1-2H3;2*1H4. The van der Waals surface area contributed by atoms with Crippen molar-refractivity contribution in [2.45, 2.75) is 112 Å². The van der Waals surface area contributed by atoms with Gasteiger partial charge in [-0.2, -0.15) is 0 Å². The number of aromatic nitrogens is 1. The zero-order valence-corrected chi connectivity index (χ0v) is 91.1. The highest BCUT2D eigenvalue weighted by Crippen LogP contribution is 2.61. The van der Waals surface area contributed by atoms with Crippen LogP contribution in [0.2, 0.25) is 39.3 Å². The number of hydrogen-bond acceptors (Lipinski definition) is 6. The average molecular weight is 2050 g/mol. The van der Waals surface area contributed by atoms with E-state index in [1.807, 2.05) is 91.0 Å². The van der Waals surface area contributed by atoms with Gasteiger partial charge in [0, 0.05) is 86.1 Å². The Morgan fingerprint density at radius 1 is 0.193 bits per heavy atom. The Hall–Kier alpha value is -15.1. The molecule has 0 radical (unpaired) electrons. The van der Waals surface area contributed by atoms with Gasteiger partial charge >= 0.3 is 0 Å². The van der Waals surface area contributed by atoms with Crippen LogP contribution in [0.15, 0.2) is 479 Å². The van der Waals surface area contributed by atoms with Gasteiger partial charge in [-0.25, -0.2) is 0 Å². The van der Waals surface area contributed by atoms with Gasteiger partial charge < -0.3 is 33.0 Å². The molecular weight excluding hydrogens is 1930 g/mol. The lowest BCUT2D eigenvalue weighted by Gasteiger charge is -2.47. The van der Waals surface area contributed by atoms with E-state index in [0.29, 0.717) is 0 Å². The summed E-state index contributed by atoms with van der Waals surface area (Å²) in [6.45, 7) is 28.5. The molecule has 0 bridgehead atoms. The van der Waals surface area contributed by atoms with Crippen LogP contribution in [-0.2, 0) is 29.9 Å². The second-order valence-corrected chi connectivity index (χ2v) is 64.7. The van der Waals surface area contributed by atoms with Crippen LogP contribution >= 0.6 is 21.4 Å². The molecule has 0 aliphatic carbocycles. The lowest BCUT2D eigenvalue weighted by molar-refractivity contribution is 0.591. The Morgan fingerprint density at radius 2 is 0.480 bits per heavy atom. The summed E-state index contributed by atoms with van der Waals surface area (Å²) in [5, 5.41) is 18.8. The molecule has 150 heavy (non-hydrogen) atoms. The van der Waals surface area contributed by atoms with Crippen molar-refractivity contribution in [3.8, 4) is 39.1 Å². The van der Waals surface area contributed by atoms with E-state index in [1.54, 1.807) is 0 Å². The van der Waals surface area contributed by atoms with Crippen molar-refractivity contribution >= 4 is 198 Å². The lowest BCUT2D eigenvalue weighted by atomic mass is 9.73. The molecule has 1 aromatic heterocycles. The van der Waals surface area contributed by atoms with E-state index in [4.69, 9.17) is 0 Å². The highest BCUT2D eigenvalue weighted by atomic mass is 31.2. The largest absolute Gasteiger partial charge is 0.310 e. The predicted molar refractivity (Wildman–Crippen MR) is 652 cm³/mol. The molecule has 0 amide bonds. The Bertz CT molecular complexity index is 9010. The van der Waals surface area contributed by atoms with Crippen LogP contribution < -0.4 is 93.6 Å². The van der Waals surface area contributed by atoms with Crippen LogP contribution in [-0.4, -0.2) is 28.8 Å². The van der Waals surface area contributed by atoms with Crippen LogP contribution in [0.25, 0.3) is 60.9 Å². The lowest BCUT2D eigenvalue weighted by Crippen LogP contribution is -2.67. The quantitative estimate of drug-likeness (QED) is 0.100. The van der Waals surface area contributed by atoms with Gasteiger partial charge in [0.05, 0.1) is 56.5 Å². The maximum absolute atomic E-state index is 16.6. The van der Waals surface area contributed by atoms with E-state index in [9.17, 15) is 0 Å². The first-order valence-corrected chi connectivity index (χ1v) is 65.8. The molecule has 27 rings (SSSR count). The van der Waals surface area contributed by atoms with Crippen LogP contribution in [0.4, 0.5) is 51.2 Å². The zero-order valence-electron chi connectivity index (χ0n) is 85.5. The second kappa shape index (κ2) is 37.0. The minimum absolute atomic E-state index is 0. The summed E-state index contributed by atoms with van der Waals surface area (Å²) in [5.74, 6) is 0. The van der Waals surface area contributed by atoms with Gasteiger partial charge in [0.1, 0.15) is 24.2 Å². The summed E-state index contributed by atoms with van der Waals surface area (Å²) in [6.07, 6.45) is 0. The van der Waals surface area contributed by atoms with E-state index in [-0.39, 0.29) is 31.1 Å². The van der Waals surface area contributed by atoms with E-state index in [2.05, 4.69) is 488 Å². The van der Waals surface area contributed by atoms with E-state index in [1.165, 1.54) is 131 Å². The molecule has 3 atom stereocenters.